The molecule has 0 bridgehead atoms. The van der Waals surface area contributed by atoms with E-state index in [-0.39, 0.29) is 23.8 Å². The summed E-state index contributed by atoms with van der Waals surface area (Å²) in [6, 6.07) is 11.8. The number of rotatable bonds is 7. The lowest BCUT2D eigenvalue weighted by Crippen LogP contribution is -2.38. The van der Waals surface area contributed by atoms with E-state index in [1.165, 1.54) is 0 Å². The molecule has 7 heteroatoms. The zero-order valence-corrected chi connectivity index (χ0v) is 20.0. The molecule has 0 spiro atoms. The number of nitriles is 1. The average Bonchev–Trinajstić information content (AvgIpc) is 3.25. The van der Waals surface area contributed by atoms with Crippen molar-refractivity contribution in [1.82, 2.24) is 14.9 Å². The lowest BCUT2D eigenvalue weighted by atomic mass is 9.83. The molecule has 176 valence electrons. The molecule has 0 atom stereocenters. The zero-order valence-electron chi connectivity index (χ0n) is 20.0. The Bertz CT molecular complexity index is 1230. The lowest BCUT2D eigenvalue weighted by Gasteiger charge is -2.29. The van der Waals surface area contributed by atoms with Crippen LogP contribution in [0.25, 0.3) is 16.6 Å². The van der Waals surface area contributed by atoms with Crippen molar-refractivity contribution in [3.05, 3.63) is 53.9 Å². The third kappa shape index (κ3) is 5.28. The highest BCUT2D eigenvalue weighted by atomic mass is 16.1. The minimum atomic E-state index is -0.130. The van der Waals surface area contributed by atoms with Gasteiger partial charge >= 0.3 is 0 Å². The monoisotopic (exact) mass is 457 g/mol. The topological polar surface area (TPSA) is 99.3 Å². The van der Waals surface area contributed by atoms with Crippen LogP contribution in [-0.4, -0.2) is 33.4 Å². The number of carbonyl (C=O) groups excluding carboxylic acids is 2. The summed E-state index contributed by atoms with van der Waals surface area (Å²) in [5.41, 5.74) is 4.66. The smallest absolute Gasteiger partial charge is 0.255 e. The Hall–Kier alpha value is -3.66. The Morgan fingerprint density at radius 1 is 1.15 bits per heavy atom. The van der Waals surface area contributed by atoms with Crippen LogP contribution in [0.2, 0.25) is 0 Å². The fourth-order valence-corrected chi connectivity index (χ4v) is 4.74. The van der Waals surface area contributed by atoms with Gasteiger partial charge < -0.3 is 15.4 Å². The molecule has 0 unspecified atom stereocenters. The van der Waals surface area contributed by atoms with Gasteiger partial charge in [-0.25, -0.2) is 4.52 Å². The second-order valence-corrected chi connectivity index (χ2v) is 9.58. The van der Waals surface area contributed by atoms with Crippen LogP contribution in [0, 0.1) is 17.2 Å². The fraction of sp³-hybridized carbons (Fsp3) is 0.407. The van der Waals surface area contributed by atoms with Gasteiger partial charge in [0.1, 0.15) is 5.78 Å². The summed E-state index contributed by atoms with van der Waals surface area (Å²) in [6.45, 7) is 5.73. The molecule has 1 amide bonds. The van der Waals surface area contributed by atoms with Crippen LogP contribution >= 0.6 is 0 Å². The van der Waals surface area contributed by atoms with Gasteiger partial charge in [-0.05, 0) is 76.1 Å². The van der Waals surface area contributed by atoms with E-state index in [0.717, 1.165) is 48.0 Å². The van der Waals surface area contributed by atoms with Gasteiger partial charge in [0.05, 0.1) is 34.6 Å². The highest BCUT2D eigenvalue weighted by molar-refractivity contribution is 6.03. The summed E-state index contributed by atoms with van der Waals surface area (Å²) in [5, 5.41) is 20.2. The number of anilines is 1. The summed E-state index contributed by atoms with van der Waals surface area (Å²) in [6.07, 6.45) is 7.90. The molecule has 1 aliphatic rings. The number of carbonyl (C=O) groups is 2. The number of nitrogens with one attached hydrogen (secondary N) is 2. The van der Waals surface area contributed by atoms with Gasteiger partial charge in [0, 0.05) is 30.3 Å². The minimum absolute atomic E-state index is 0.111. The van der Waals surface area contributed by atoms with Crippen molar-refractivity contribution in [3.63, 3.8) is 0 Å². The molecule has 4 rings (SSSR count). The van der Waals surface area contributed by atoms with Crippen LogP contribution < -0.4 is 10.6 Å². The molecule has 3 aromatic rings. The van der Waals surface area contributed by atoms with Gasteiger partial charge in [-0.15, -0.1) is 0 Å². The Labute approximate surface area is 200 Å². The molecule has 2 aromatic heterocycles. The number of Topliss-reactive ketones (excluding diaryl/α,β-unsaturated/α-hetero) is 1. The van der Waals surface area contributed by atoms with E-state index in [9.17, 15) is 9.59 Å². The van der Waals surface area contributed by atoms with Crippen molar-refractivity contribution in [2.45, 2.75) is 65.0 Å². The largest absolute Gasteiger partial charge is 0.380 e. The number of hydrogen-bond acceptors (Lipinski definition) is 5. The fourth-order valence-electron chi connectivity index (χ4n) is 4.74. The molecule has 0 saturated heterocycles. The first-order chi connectivity index (χ1) is 16.3. The maximum Gasteiger partial charge on any atom is 0.255 e. The van der Waals surface area contributed by atoms with Gasteiger partial charge in [-0.1, -0.05) is 12.1 Å². The van der Waals surface area contributed by atoms with E-state index in [1.807, 2.05) is 38.2 Å². The van der Waals surface area contributed by atoms with Crippen LogP contribution in [-0.2, 0) is 4.79 Å². The molecule has 2 heterocycles. The molecule has 7 nitrogen and oxygen atoms in total. The standard InChI is InChI=1S/C27H31N5O2/c1-17(2)30-26-24(27(34)31-23-10-6-19(7-11-23)12-18(3)33)15-29-32-16-22(13-25(26)32)21-8-4-20(14-28)5-9-21/h4-5,8-9,13,15-17,19,23,30H,6-7,10-12H2,1-3H3,(H,31,34). The molecule has 1 fully saturated rings. The van der Waals surface area contributed by atoms with Gasteiger partial charge in [-0.2, -0.15) is 10.4 Å². The Balaban J connectivity index is 1.58. The summed E-state index contributed by atoms with van der Waals surface area (Å²) in [5.74, 6) is 0.543. The lowest BCUT2D eigenvalue weighted by molar-refractivity contribution is -0.118. The summed E-state index contributed by atoms with van der Waals surface area (Å²) >= 11 is 0. The minimum Gasteiger partial charge on any atom is -0.380 e. The SMILES string of the molecule is CC(=O)CC1CCC(NC(=O)c2cnn3cc(-c4ccc(C#N)cc4)cc3c2NC(C)C)CC1. The van der Waals surface area contributed by atoms with E-state index < -0.39 is 0 Å². The van der Waals surface area contributed by atoms with Crippen LogP contribution in [0.3, 0.4) is 0 Å². The van der Waals surface area contributed by atoms with Gasteiger partial charge in [0.15, 0.2) is 0 Å². The molecule has 34 heavy (non-hydrogen) atoms. The average molecular weight is 458 g/mol. The first kappa shape index (κ1) is 23.5. The third-order valence-corrected chi connectivity index (χ3v) is 6.42. The molecule has 1 aromatic carbocycles. The maximum absolute atomic E-state index is 13.3. The third-order valence-electron chi connectivity index (χ3n) is 6.42. The maximum atomic E-state index is 13.3. The zero-order chi connectivity index (χ0) is 24.2. The number of ketones is 1. The van der Waals surface area contributed by atoms with Crippen molar-refractivity contribution in [2.75, 3.05) is 5.32 Å². The van der Waals surface area contributed by atoms with Crippen molar-refractivity contribution in [2.24, 2.45) is 5.92 Å². The highest BCUT2D eigenvalue weighted by Crippen LogP contribution is 2.31. The summed E-state index contributed by atoms with van der Waals surface area (Å²) < 4.78 is 1.78. The summed E-state index contributed by atoms with van der Waals surface area (Å²) in [4.78, 5) is 24.7. The molecular formula is C27H31N5O2. The summed E-state index contributed by atoms with van der Waals surface area (Å²) in [7, 11) is 0. The first-order valence-corrected chi connectivity index (χ1v) is 11.9. The predicted molar refractivity (Wildman–Crippen MR) is 133 cm³/mol. The number of nitrogens with zero attached hydrogens (tertiary/aromatic N) is 3. The van der Waals surface area contributed by atoms with Crippen LogP contribution in [0.1, 0.15) is 68.8 Å². The molecular weight excluding hydrogens is 426 g/mol. The number of aromatic nitrogens is 2. The van der Waals surface area contributed by atoms with Crippen molar-refractivity contribution in [3.8, 4) is 17.2 Å². The number of hydrogen-bond donors (Lipinski definition) is 2. The van der Waals surface area contributed by atoms with Crippen LogP contribution in [0.5, 0.6) is 0 Å². The molecule has 1 aliphatic carbocycles. The van der Waals surface area contributed by atoms with Crippen LogP contribution in [0.4, 0.5) is 5.69 Å². The first-order valence-electron chi connectivity index (χ1n) is 11.9. The van der Waals surface area contributed by atoms with Gasteiger partial charge in [-0.3, -0.25) is 4.79 Å². The number of fused-ring (bicyclic) bond motifs is 1. The van der Waals surface area contributed by atoms with E-state index in [1.54, 1.807) is 29.8 Å². The molecule has 0 radical (unpaired) electrons. The normalized spacial score (nSPS) is 18.0. The van der Waals surface area contributed by atoms with Crippen molar-refractivity contribution in [1.29, 1.82) is 5.26 Å². The quantitative estimate of drug-likeness (QED) is 0.522. The predicted octanol–water partition coefficient (Wildman–Crippen LogP) is 4.96. The van der Waals surface area contributed by atoms with E-state index >= 15 is 0 Å². The second kappa shape index (κ2) is 10.1. The van der Waals surface area contributed by atoms with E-state index in [4.69, 9.17) is 5.26 Å². The van der Waals surface area contributed by atoms with Gasteiger partial charge in [0.2, 0.25) is 0 Å². The van der Waals surface area contributed by atoms with Crippen molar-refractivity contribution >= 4 is 22.9 Å². The number of benzene rings is 1. The van der Waals surface area contributed by atoms with E-state index in [0.29, 0.717) is 23.5 Å². The highest BCUT2D eigenvalue weighted by Gasteiger charge is 2.25. The Morgan fingerprint density at radius 3 is 2.47 bits per heavy atom. The second-order valence-electron chi connectivity index (χ2n) is 9.58. The Kier molecular flexibility index (Phi) is 6.97. The molecule has 2 N–H and O–H groups in total. The van der Waals surface area contributed by atoms with E-state index in [2.05, 4.69) is 21.8 Å². The molecule has 1 saturated carbocycles. The van der Waals surface area contributed by atoms with Crippen molar-refractivity contribution < 1.29 is 9.59 Å². The molecule has 0 aliphatic heterocycles. The van der Waals surface area contributed by atoms with Gasteiger partial charge in [0.25, 0.3) is 5.91 Å². The number of amides is 1. The van der Waals surface area contributed by atoms with Crippen LogP contribution in [0.15, 0.2) is 42.7 Å². The Morgan fingerprint density at radius 2 is 1.85 bits per heavy atom.